The number of carbonyl (C=O) groups excluding carboxylic acids is 1. The van der Waals surface area contributed by atoms with Gasteiger partial charge >= 0.3 is 0 Å². The SMILES string of the molecule is O=C(CSc1nc2sc3ccccc3c2c(=O)n1C1CC1)c1ccccc1. The molecule has 2 aromatic carbocycles. The molecule has 2 heterocycles. The van der Waals surface area contributed by atoms with Crippen molar-refractivity contribution in [1.82, 2.24) is 9.55 Å². The van der Waals surface area contributed by atoms with E-state index in [1.165, 1.54) is 23.1 Å². The highest BCUT2D eigenvalue weighted by Crippen LogP contribution is 2.39. The normalized spacial score (nSPS) is 14.1. The third kappa shape index (κ3) is 2.99. The first-order valence-corrected chi connectivity index (χ1v) is 10.7. The van der Waals surface area contributed by atoms with Crippen LogP contribution < -0.4 is 5.56 Å². The van der Waals surface area contributed by atoms with Gasteiger partial charge in [-0.3, -0.25) is 14.2 Å². The van der Waals surface area contributed by atoms with Crippen molar-refractivity contribution in [2.75, 3.05) is 5.75 Å². The molecule has 2 aromatic heterocycles. The maximum absolute atomic E-state index is 13.3. The Morgan fingerprint density at radius 1 is 1.11 bits per heavy atom. The second-order valence-corrected chi connectivity index (χ2v) is 8.63. The van der Waals surface area contributed by atoms with Gasteiger partial charge in [0.25, 0.3) is 5.56 Å². The number of ketones is 1. The Labute approximate surface area is 163 Å². The van der Waals surface area contributed by atoms with Crippen LogP contribution in [-0.4, -0.2) is 21.1 Å². The number of benzene rings is 2. The van der Waals surface area contributed by atoms with Crippen molar-refractivity contribution >= 4 is 49.2 Å². The zero-order valence-electron chi connectivity index (χ0n) is 14.4. The predicted molar refractivity (Wildman–Crippen MR) is 111 cm³/mol. The van der Waals surface area contributed by atoms with E-state index in [1.54, 1.807) is 0 Å². The van der Waals surface area contributed by atoms with Crippen molar-refractivity contribution in [3.63, 3.8) is 0 Å². The first-order valence-electron chi connectivity index (χ1n) is 8.87. The molecule has 6 heteroatoms. The van der Waals surface area contributed by atoms with Gasteiger partial charge in [0, 0.05) is 21.7 Å². The molecule has 0 bridgehead atoms. The smallest absolute Gasteiger partial charge is 0.263 e. The van der Waals surface area contributed by atoms with Gasteiger partial charge in [-0.2, -0.15) is 0 Å². The van der Waals surface area contributed by atoms with Gasteiger partial charge in [0.15, 0.2) is 10.9 Å². The lowest BCUT2D eigenvalue weighted by Gasteiger charge is -2.10. The van der Waals surface area contributed by atoms with E-state index in [0.29, 0.717) is 16.1 Å². The number of rotatable bonds is 5. The molecule has 0 saturated heterocycles. The molecule has 0 N–H and O–H groups in total. The minimum absolute atomic E-state index is 0.0228. The van der Waals surface area contributed by atoms with E-state index in [2.05, 4.69) is 0 Å². The molecule has 0 amide bonds. The standard InChI is InChI=1S/C21H16N2O2S2/c24-16(13-6-2-1-3-7-13)12-26-21-22-19-18(20(25)23(21)14-10-11-14)15-8-4-5-9-17(15)27-19/h1-9,14H,10-12H2. The first-order chi connectivity index (χ1) is 13.2. The average Bonchev–Trinajstić information content (AvgIpc) is 3.46. The van der Waals surface area contributed by atoms with Crippen LogP contribution in [0, 0.1) is 0 Å². The van der Waals surface area contributed by atoms with Crippen LogP contribution in [0.5, 0.6) is 0 Å². The Kier molecular flexibility index (Phi) is 4.10. The molecule has 0 aliphatic heterocycles. The highest BCUT2D eigenvalue weighted by atomic mass is 32.2. The van der Waals surface area contributed by atoms with Crippen LogP contribution in [-0.2, 0) is 0 Å². The van der Waals surface area contributed by atoms with Crippen molar-refractivity contribution in [2.45, 2.75) is 24.0 Å². The number of fused-ring (bicyclic) bond motifs is 3. The summed E-state index contributed by atoms with van der Waals surface area (Å²) in [6, 6.07) is 17.4. The number of hydrogen-bond acceptors (Lipinski definition) is 5. The van der Waals surface area contributed by atoms with Crippen molar-refractivity contribution in [3.8, 4) is 0 Å². The summed E-state index contributed by atoms with van der Waals surface area (Å²) in [6.07, 6.45) is 1.99. The molecule has 0 spiro atoms. The average molecular weight is 393 g/mol. The summed E-state index contributed by atoms with van der Waals surface area (Å²) in [6.45, 7) is 0. The van der Waals surface area contributed by atoms with E-state index in [-0.39, 0.29) is 23.1 Å². The van der Waals surface area contributed by atoms with Crippen LogP contribution in [0.1, 0.15) is 29.2 Å². The molecule has 0 unspecified atom stereocenters. The van der Waals surface area contributed by atoms with Crippen LogP contribution in [0.2, 0.25) is 0 Å². The van der Waals surface area contributed by atoms with Gasteiger partial charge in [-0.1, -0.05) is 60.3 Å². The number of hydrogen-bond donors (Lipinski definition) is 0. The molecule has 1 aliphatic carbocycles. The monoisotopic (exact) mass is 392 g/mol. The maximum atomic E-state index is 13.3. The van der Waals surface area contributed by atoms with Crippen LogP contribution in [0.25, 0.3) is 20.3 Å². The molecule has 4 nitrogen and oxygen atoms in total. The number of carbonyl (C=O) groups is 1. The largest absolute Gasteiger partial charge is 0.293 e. The third-order valence-electron chi connectivity index (χ3n) is 4.75. The Morgan fingerprint density at radius 3 is 2.63 bits per heavy atom. The van der Waals surface area contributed by atoms with E-state index in [0.717, 1.165) is 27.8 Å². The molecule has 5 rings (SSSR count). The summed E-state index contributed by atoms with van der Waals surface area (Å²) in [5.41, 5.74) is 0.711. The van der Waals surface area contributed by atoms with E-state index < -0.39 is 0 Å². The van der Waals surface area contributed by atoms with E-state index >= 15 is 0 Å². The number of nitrogens with zero attached hydrogens (tertiary/aromatic N) is 2. The van der Waals surface area contributed by atoms with Gasteiger partial charge in [0.1, 0.15) is 4.83 Å². The fourth-order valence-electron chi connectivity index (χ4n) is 3.26. The highest BCUT2D eigenvalue weighted by Gasteiger charge is 2.29. The highest BCUT2D eigenvalue weighted by molar-refractivity contribution is 7.99. The van der Waals surface area contributed by atoms with Crippen molar-refractivity contribution in [3.05, 3.63) is 70.5 Å². The lowest BCUT2D eigenvalue weighted by Crippen LogP contribution is -2.22. The van der Waals surface area contributed by atoms with Crippen molar-refractivity contribution < 1.29 is 4.79 Å². The first kappa shape index (κ1) is 16.7. The molecular weight excluding hydrogens is 376 g/mol. The molecular formula is C21H16N2O2S2. The molecule has 1 aliphatic rings. The van der Waals surface area contributed by atoms with E-state index in [9.17, 15) is 9.59 Å². The molecule has 1 saturated carbocycles. The second-order valence-electron chi connectivity index (χ2n) is 6.66. The fraction of sp³-hybridized carbons (Fsp3) is 0.190. The molecule has 1 fully saturated rings. The van der Waals surface area contributed by atoms with E-state index in [1.807, 2.05) is 59.2 Å². The van der Waals surface area contributed by atoms with Gasteiger partial charge in [-0.15, -0.1) is 11.3 Å². The topological polar surface area (TPSA) is 52.0 Å². The van der Waals surface area contributed by atoms with Gasteiger partial charge in [-0.25, -0.2) is 4.98 Å². The number of Topliss-reactive ketones (excluding diaryl/α,β-unsaturated/α-hetero) is 1. The molecule has 27 heavy (non-hydrogen) atoms. The third-order valence-corrected chi connectivity index (χ3v) is 6.77. The lowest BCUT2D eigenvalue weighted by atomic mass is 10.2. The van der Waals surface area contributed by atoms with Gasteiger partial charge in [-0.05, 0) is 18.9 Å². The minimum atomic E-state index is 0.0228. The second kappa shape index (κ2) is 6.62. The Bertz CT molecular complexity index is 1220. The Morgan fingerprint density at radius 2 is 1.85 bits per heavy atom. The Hall–Kier alpha value is -2.44. The summed E-state index contributed by atoms with van der Waals surface area (Å²) in [5, 5.41) is 2.34. The van der Waals surface area contributed by atoms with Crippen LogP contribution in [0.3, 0.4) is 0 Å². The molecule has 0 radical (unpaired) electrons. The summed E-state index contributed by atoms with van der Waals surface area (Å²) >= 11 is 2.90. The number of thioether (sulfide) groups is 1. The minimum Gasteiger partial charge on any atom is -0.293 e. The zero-order chi connectivity index (χ0) is 18.4. The van der Waals surface area contributed by atoms with E-state index in [4.69, 9.17) is 4.98 Å². The van der Waals surface area contributed by atoms with Gasteiger partial charge in [0.05, 0.1) is 11.1 Å². The summed E-state index contributed by atoms with van der Waals surface area (Å²) in [4.78, 5) is 31.3. The molecule has 0 atom stereocenters. The van der Waals surface area contributed by atoms with Crippen molar-refractivity contribution in [1.29, 1.82) is 0 Å². The zero-order valence-corrected chi connectivity index (χ0v) is 16.1. The maximum Gasteiger partial charge on any atom is 0.263 e. The van der Waals surface area contributed by atoms with Gasteiger partial charge in [0.2, 0.25) is 0 Å². The summed E-state index contributed by atoms with van der Waals surface area (Å²) in [5.74, 6) is 0.327. The number of thiophene rings is 1. The predicted octanol–water partition coefficient (Wildman–Crippen LogP) is 4.92. The van der Waals surface area contributed by atoms with Crippen molar-refractivity contribution in [2.24, 2.45) is 0 Å². The van der Waals surface area contributed by atoms with Gasteiger partial charge < -0.3 is 0 Å². The molecule has 4 aromatic rings. The fourth-order valence-corrected chi connectivity index (χ4v) is 5.34. The number of aromatic nitrogens is 2. The lowest BCUT2D eigenvalue weighted by molar-refractivity contribution is 0.102. The Balaban J connectivity index is 1.57. The molecule has 134 valence electrons. The van der Waals surface area contributed by atoms with Crippen LogP contribution in [0.15, 0.2) is 64.5 Å². The summed E-state index contributed by atoms with van der Waals surface area (Å²) in [7, 11) is 0. The van der Waals surface area contributed by atoms with Crippen LogP contribution in [0.4, 0.5) is 0 Å². The van der Waals surface area contributed by atoms with Crippen LogP contribution >= 0.6 is 23.1 Å². The summed E-state index contributed by atoms with van der Waals surface area (Å²) < 4.78 is 2.88. The quantitative estimate of drug-likeness (QED) is 0.275.